The maximum atomic E-state index is 5.94. The molecule has 0 unspecified atom stereocenters. The number of rotatable bonds is 5. The molecule has 20 heavy (non-hydrogen) atoms. The van der Waals surface area contributed by atoms with Crippen molar-refractivity contribution in [2.45, 2.75) is 0 Å². The fraction of sp³-hybridized carbons (Fsp3) is 0. The monoisotopic (exact) mass is 554 g/mol. The van der Waals surface area contributed by atoms with Gasteiger partial charge in [-0.25, -0.2) is 0 Å². The fourth-order valence-electron chi connectivity index (χ4n) is 1.37. The number of halogens is 2. The van der Waals surface area contributed by atoms with Crippen molar-refractivity contribution in [2.24, 2.45) is 0 Å². The first-order valence-corrected chi connectivity index (χ1v) is 15.8. The minimum atomic E-state index is -2.48. The molecule has 0 N–H and O–H groups in total. The van der Waals surface area contributed by atoms with Crippen LogP contribution in [0.5, 0.6) is 11.5 Å². The molecule has 2 nitrogen and oxygen atoms in total. The van der Waals surface area contributed by atoms with Gasteiger partial charge in [0.1, 0.15) is 0 Å². The quantitative estimate of drug-likeness (QED) is 0.359. The predicted molar refractivity (Wildman–Crippen MR) is 91.8 cm³/mol. The molecule has 0 saturated carbocycles. The molecule has 0 radical (unpaired) electrons. The summed E-state index contributed by atoms with van der Waals surface area (Å²) in [5.74, 6) is 1.24. The second kappa shape index (κ2) is 7.70. The van der Waals surface area contributed by atoms with E-state index in [4.69, 9.17) is 44.1 Å². The van der Waals surface area contributed by atoms with E-state index in [1.54, 1.807) is 24.3 Å². The normalized spacial score (nSPS) is 11.1. The third-order valence-corrected chi connectivity index (χ3v) is 21.3. The SMILES string of the molecule is S=P(Oc1cccc(Cl)c1)(Oc1cccc(Cl)c1)[S][Tl]. The summed E-state index contributed by atoms with van der Waals surface area (Å²) in [5, 5.41) is 1.21. The molecule has 0 aliphatic carbocycles. The van der Waals surface area contributed by atoms with E-state index >= 15 is 0 Å². The van der Waals surface area contributed by atoms with Gasteiger partial charge in [0.15, 0.2) is 0 Å². The number of hydrogen-bond acceptors (Lipinski definition) is 4. The van der Waals surface area contributed by atoms with Gasteiger partial charge in [0, 0.05) is 0 Å². The molecule has 0 aromatic heterocycles. The Morgan fingerprint density at radius 3 is 1.75 bits per heavy atom. The van der Waals surface area contributed by atoms with Gasteiger partial charge in [-0.05, 0) is 0 Å². The molecule has 0 saturated heterocycles. The first kappa shape index (κ1) is 16.9. The van der Waals surface area contributed by atoms with Crippen LogP contribution in [-0.2, 0) is 11.8 Å². The number of hydrogen-bond donors (Lipinski definition) is 0. The van der Waals surface area contributed by atoms with Gasteiger partial charge in [0.05, 0.1) is 0 Å². The van der Waals surface area contributed by atoms with Crippen molar-refractivity contribution in [2.75, 3.05) is 0 Å². The van der Waals surface area contributed by atoms with E-state index in [9.17, 15) is 0 Å². The van der Waals surface area contributed by atoms with Gasteiger partial charge in [-0.3, -0.25) is 0 Å². The fourth-order valence-corrected chi connectivity index (χ4v) is 6.90. The van der Waals surface area contributed by atoms with Gasteiger partial charge in [-0.15, -0.1) is 0 Å². The van der Waals surface area contributed by atoms with Crippen molar-refractivity contribution < 1.29 is 9.05 Å². The average Bonchev–Trinajstić information content (AvgIpc) is 2.38. The van der Waals surface area contributed by atoms with Crippen LogP contribution in [0.4, 0.5) is 0 Å². The van der Waals surface area contributed by atoms with E-state index in [1.165, 1.54) is 7.93 Å². The van der Waals surface area contributed by atoms with E-state index in [-0.39, 0.29) is 0 Å². The van der Waals surface area contributed by atoms with Gasteiger partial charge in [0.2, 0.25) is 0 Å². The Morgan fingerprint density at radius 2 is 1.40 bits per heavy atom. The van der Waals surface area contributed by atoms with E-state index in [0.717, 1.165) is 0 Å². The Kier molecular flexibility index (Phi) is 6.51. The standard InChI is InChI=1S/C12H9Cl2O2PS2.Tl/c13-9-3-1-5-11(7-9)15-17(18,19)16-12-6-2-4-10(14)8-12;/h1-8H,(H,18,19);/q;+1/p-1. The van der Waals surface area contributed by atoms with Crippen LogP contribution in [-0.4, -0.2) is 24.3 Å². The van der Waals surface area contributed by atoms with Crippen LogP contribution in [0, 0.1) is 0 Å². The third kappa shape index (κ3) is 5.07. The molecule has 0 heterocycles. The Morgan fingerprint density at radius 1 is 0.950 bits per heavy atom. The molecule has 8 heteroatoms. The molecule has 0 aliphatic rings. The zero-order valence-corrected chi connectivity index (χ0v) is 18.6. The summed E-state index contributed by atoms with van der Waals surface area (Å²) in [6, 6.07) is 14.3. The van der Waals surface area contributed by atoms with Gasteiger partial charge >= 0.3 is 152 Å². The molecule has 0 aliphatic heterocycles. The van der Waals surface area contributed by atoms with Gasteiger partial charge in [-0.1, -0.05) is 0 Å². The second-order valence-electron chi connectivity index (χ2n) is 3.65. The van der Waals surface area contributed by atoms with Gasteiger partial charge in [0.25, 0.3) is 0 Å². The third-order valence-electron chi connectivity index (χ3n) is 2.16. The summed E-state index contributed by atoms with van der Waals surface area (Å²) in [6.07, 6.45) is 0. The van der Waals surface area contributed by atoms with Crippen molar-refractivity contribution in [3.63, 3.8) is 0 Å². The van der Waals surface area contributed by atoms with E-state index in [1.807, 2.05) is 24.3 Å². The zero-order chi connectivity index (χ0) is 14.6. The second-order valence-corrected chi connectivity index (χ2v) is 17.6. The van der Waals surface area contributed by atoms with Crippen LogP contribution < -0.4 is 9.05 Å². The van der Waals surface area contributed by atoms with E-state index in [2.05, 4.69) is 0 Å². The number of benzene rings is 2. The molecule has 0 atom stereocenters. The molecule has 102 valence electrons. The first-order valence-electron chi connectivity index (χ1n) is 5.39. The summed E-state index contributed by atoms with van der Waals surface area (Å²) in [4.78, 5) is 0. The molecule has 0 spiro atoms. The van der Waals surface area contributed by atoms with Gasteiger partial charge in [-0.2, -0.15) is 0 Å². The van der Waals surface area contributed by atoms with Crippen molar-refractivity contribution in [3.8, 4) is 11.5 Å². The summed E-state index contributed by atoms with van der Waals surface area (Å²) in [6.45, 7) is 0. The summed E-state index contributed by atoms with van der Waals surface area (Å²) in [5.41, 5.74) is -2.48. The Labute approximate surface area is 150 Å². The van der Waals surface area contributed by atoms with Crippen LogP contribution in [0.15, 0.2) is 48.5 Å². The topological polar surface area (TPSA) is 18.5 Å². The van der Waals surface area contributed by atoms with Crippen molar-refractivity contribution in [1.29, 1.82) is 0 Å². The first-order chi connectivity index (χ1) is 9.50. The zero-order valence-electron chi connectivity index (χ0n) is 10.0. The Bertz CT molecular complexity index is 605. The van der Waals surface area contributed by atoms with Crippen molar-refractivity contribution in [3.05, 3.63) is 58.6 Å². The molecule has 0 bridgehead atoms. The molecular weight excluding hydrogens is 547 g/mol. The molecular formula is C12H8Cl2O2PS2Tl. The summed E-state index contributed by atoms with van der Waals surface area (Å²) >= 11 is 18.0. The van der Waals surface area contributed by atoms with Crippen LogP contribution in [0.3, 0.4) is 0 Å². The molecule has 2 aromatic carbocycles. The minimum absolute atomic E-state index is 0.601. The Hall–Kier alpha value is 0.542. The van der Waals surface area contributed by atoms with Gasteiger partial charge < -0.3 is 0 Å². The Balaban J connectivity index is 2.19. The van der Waals surface area contributed by atoms with E-state index in [0.29, 0.717) is 45.8 Å². The maximum absolute atomic E-state index is 5.94. The summed E-state index contributed by atoms with van der Waals surface area (Å²) < 4.78 is 11.7. The summed E-state index contributed by atoms with van der Waals surface area (Å²) in [7, 11) is 1.54. The molecule has 0 fully saturated rings. The molecule has 2 aromatic rings. The predicted octanol–water partition coefficient (Wildman–Crippen LogP) is 5.49. The van der Waals surface area contributed by atoms with Crippen LogP contribution >= 0.6 is 36.8 Å². The van der Waals surface area contributed by atoms with Crippen LogP contribution in [0.1, 0.15) is 0 Å². The molecule has 2 rings (SSSR count). The molecule has 0 amide bonds. The van der Waals surface area contributed by atoms with E-state index < -0.39 is 5.69 Å². The van der Waals surface area contributed by atoms with Crippen LogP contribution in [0.25, 0.3) is 0 Å². The van der Waals surface area contributed by atoms with Crippen LogP contribution in [0.2, 0.25) is 10.0 Å². The average molecular weight is 555 g/mol. The van der Waals surface area contributed by atoms with Crippen molar-refractivity contribution in [1.82, 2.24) is 0 Å². The van der Waals surface area contributed by atoms with Crippen molar-refractivity contribution >= 4 is 72.9 Å².